The lowest BCUT2D eigenvalue weighted by Gasteiger charge is -2.29. The second kappa shape index (κ2) is 8.90. The van der Waals surface area contributed by atoms with Gasteiger partial charge in [-0.3, -0.25) is 0 Å². The minimum absolute atomic E-state index is 0.0426. The molecule has 146 valence electrons. The molecule has 0 aliphatic heterocycles. The molecule has 6 nitrogen and oxygen atoms in total. The van der Waals surface area contributed by atoms with E-state index in [2.05, 4.69) is 5.32 Å². The Morgan fingerprint density at radius 2 is 1.78 bits per heavy atom. The van der Waals surface area contributed by atoms with Crippen molar-refractivity contribution in [2.45, 2.75) is 39.8 Å². The summed E-state index contributed by atoms with van der Waals surface area (Å²) in [4.78, 5) is 14.6. The van der Waals surface area contributed by atoms with Crippen LogP contribution in [0.4, 0.5) is 10.5 Å². The maximum Gasteiger partial charge on any atom is 0.322 e. The molecule has 0 unspecified atom stereocenters. The van der Waals surface area contributed by atoms with Crippen molar-refractivity contribution in [2.24, 2.45) is 0 Å². The van der Waals surface area contributed by atoms with Crippen molar-refractivity contribution in [3.63, 3.8) is 0 Å². The normalized spacial score (nSPS) is 12.3. The third-order valence-corrected chi connectivity index (χ3v) is 4.79. The molecule has 27 heavy (non-hydrogen) atoms. The van der Waals surface area contributed by atoms with Gasteiger partial charge in [-0.25, -0.2) is 4.79 Å². The molecule has 2 rings (SSSR count). The molecule has 0 heterocycles. The van der Waals surface area contributed by atoms with Crippen LogP contribution in [0.3, 0.4) is 0 Å². The van der Waals surface area contributed by atoms with E-state index < -0.39 is 10.1 Å². The molecule has 0 spiro atoms. The topological polar surface area (TPSA) is 75.7 Å². The summed E-state index contributed by atoms with van der Waals surface area (Å²) in [6, 6.07) is 14.2. The van der Waals surface area contributed by atoms with Gasteiger partial charge in [0.2, 0.25) is 0 Å². The highest BCUT2D eigenvalue weighted by Crippen LogP contribution is 2.19. The third kappa shape index (κ3) is 6.29. The van der Waals surface area contributed by atoms with Gasteiger partial charge in [0.15, 0.2) is 0 Å². The zero-order valence-corrected chi connectivity index (χ0v) is 16.9. The van der Waals surface area contributed by atoms with Gasteiger partial charge in [0.1, 0.15) is 5.75 Å². The Kier molecular flexibility index (Phi) is 6.85. The molecule has 0 fully saturated rings. The van der Waals surface area contributed by atoms with Crippen LogP contribution in [0.25, 0.3) is 0 Å². The quantitative estimate of drug-likeness (QED) is 0.720. The number of hydrogen-bond acceptors (Lipinski definition) is 4. The van der Waals surface area contributed by atoms with Gasteiger partial charge in [-0.1, -0.05) is 37.3 Å². The number of anilines is 1. The first-order valence-corrected chi connectivity index (χ1v) is 10.6. The number of benzene rings is 2. The van der Waals surface area contributed by atoms with Gasteiger partial charge >= 0.3 is 16.1 Å². The van der Waals surface area contributed by atoms with Crippen molar-refractivity contribution in [1.29, 1.82) is 0 Å². The third-order valence-electron chi connectivity index (χ3n) is 4.29. The van der Waals surface area contributed by atoms with Gasteiger partial charge in [-0.05, 0) is 49.6 Å². The number of urea groups is 1. The van der Waals surface area contributed by atoms with Crippen molar-refractivity contribution in [3.8, 4) is 5.75 Å². The average molecular weight is 391 g/mol. The summed E-state index contributed by atoms with van der Waals surface area (Å²) >= 11 is 0. The number of carbonyl (C=O) groups excluding carboxylic acids is 1. The number of rotatable bonds is 7. The lowest BCUT2D eigenvalue weighted by molar-refractivity contribution is 0.187. The second-order valence-corrected chi connectivity index (χ2v) is 8.14. The summed E-state index contributed by atoms with van der Waals surface area (Å²) in [5, 5.41) is 2.97. The Hall–Kier alpha value is -2.54. The summed E-state index contributed by atoms with van der Waals surface area (Å²) in [6.45, 7) is 6.38. The molecule has 7 heteroatoms. The summed E-state index contributed by atoms with van der Waals surface area (Å²) in [5.41, 5.74) is 2.67. The maximum absolute atomic E-state index is 12.8. The summed E-state index contributed by atoms with van der Waals surface area (Å²) < 4.78 is 27.2. The molecule has 0 saturated heterocycles. The molecule has 1 atom stereocenters. The van der Waals surface area contributed by atoms with Crippen molar-refractivity contribution in [2.75, 3.05) is 11.6 Å². The lowest BCUT2D eigenvalue weighted by atomic mass is 10.1. The van der Waals surface area contributed by atoms with Crippen LogP contribution < -0.4 is 9.50 Å². The number of hydrogen-bond donors (Lipinski definition) is 1. The van der Waals surface area contributed by atoms with E-state index in [1.807, 2.05) is 45.0 Å². The average Bonchev–Trinajstić information content (AvgIpc) is 2.61. The predicted octanol–water partition coefficient (Wildman–Crippen LogP) is 4.17. The number of nitrogens with one attached hydrogen (secondary N) is 1. The first kappa shape index (κ1) is 20.8. The fourth-order valence-corrected chi connectivity index (χ4v) is 3.03. The molecule has 2 amide bonds. The van der Waals surface area contributed by atoms with Gasteiger partial charge < -0.3 is 14.4 Å². The fraction of sp³-hybridized carbons (Fsp3) is 0.350. The van der Waals surface area contributed by atoms with Crippen LogP contribution in [0, 0.1) is 6.92 Å². The second-order valence-electron chi connectivity index (χ2n) is 6.56. The van der Waals surface area contributed by atoms with E-state index in [0.717, 1.165) is 29.5 Å². The molecule has 0 aliphatic rings. The van der Waals surface area contributed by atoms with Crippen LogP contribution >= 0.6 is 0 Å². The first-order valence-electron chi connectivity index (χ1n) is 8.81. The van der Waals surface area contributed by atoms with Crippen molar-refractivity contribution >= 4 is 21.8 Å². The summed E-state index contributed by atoms with van der Waals surface area (Å²) in [6.07, 6.45) is 1.82. The summed E-state index contributed by atoms with van der Waals surface area (Å²) in [7, 11) is -3.56. The van der Waals surface area contributed by atoms with Gasteiger partial charge in [0.05, 0.1) is 6.26 Å². The molecule has 0 saturated carbocycles. The Bertz CT molecular complexity index is 879. The van der Waals surface area contributed by atoms with Crippen LogP contribution in [0.5, 0.6) is 5.75 Å². The highest BCUT2D eigenvalue weighted by Gasteiger charge is 2.20. The number of carbonyl (C=O) groups is 1. The van der Waals surface area contributed by atoms with Gasteiger partial charge in [-0.15, -0.1) is 0 Å². The van der Waals surface area contributed by atoms with Crippen molar-refractivity contribution in [3.05, 3.63) is 59.7 Å². The Labute approximate surface area is 161 Å². The number of amides is 2. The smallest absolute Gasteiger partial charge is 0.322 e. The molecule has 1 N–H and O–H groups in total. The van der Waals surface area contributed by atoms with Gasteiger partial charge in [-0.2, -0.15) is 8.42 Å². The molecule has 2 aromatic carbocycles. The largest absolute Gasteiger partial charge is 0.383 e. The molecule has 0 aromatic heterocycles. The molecule has 0 bridgehead atoms. The molecular formula is C20H26N2O4S. The van der Waals surface area contributed by atoms with E-state index in [4.69, 9.17) is 4.18 Å². The highest BCUT2D eigenvalue weighted by atomic mass is 32.2. The highest BCUT2D eigenvalue weighted by molar-refractivity contribution is 7.86. The van der Waals surface area contributed by atoms with E-state index in [9.17, 15) is 13.2 Å². The first-order chi connectivity index (χ1) is 12.7. The fourth-order valence-electron chi connectivity index (χ4n) is 2.57. The van der Waals surface area contributed by atoms with Crippen LogP contribution in [0.2, 0.25) is 0 Å². The van der Waals surface area contributed by atoms with Crippen molar-refractivity contribution < 1.29 is 17.4 Å². The molecule has 2 aromatic rings. The van der Waals surface area contributed by atoms with E-state index in [0.29, 0.717) is 6.54 Å². The molecule has 0 aliphatic carbocycles. The van der Waals surface area contributed by atoms with Gasteiger partial charge in [0, 0.05) is 18.3 Å². The maximum atomic E-state index is 12.8. The summed E-state index contributed by atoms with van der Waals surface area (Å²) in [5.74, 6) is 0.251. The standard InChI is InChI=1S/C20H26N2O4S/c1-5-16(3)22(20(23)21-19-9-7-6-8-15(19)2)14-17-10-12-18(13-11-17)26-27(4,24)25/h6-13,16H,5,14H2,1-4H3,(H,21,23)/t16-/m0/s1. The van der Waals surface area contributed by atoms with Crippen LogP contribution in [-0.2, 0) is 16.7 Å². The van der Waals surface area contributed by atoms with Gasteiger partial charge in [0.25, 0.3) is 0 Å². The Balaban J connectivity index is 2.14. The van der Waals surface area contributed by atoms with E-state index >= 15 is 0 Å². The van der Waals surface area contributed by atoms with Crippen LogP contribution in [-0.4, -0.2) is 31.6 Å². The number of nitrogens with zero attached hydrogens (tertiary/aromatic N) is 1. The lowest BCUT2D eigenvalue weighted by Crippen LogP contribution is -2.40. The Morgan fingerprint density at radius 3 is 2.33 bits per heavy atom. The number of para-hydroxylation sites is 1. The Morgan fingerprint density at radius 1 is 1.15 bits per heavy atom. The minimum Gasteiger partial charge on any atom is -0.383 e. The SMILES string of the molecule is CC[C@H](C)N(Cc1ccc(OS(C)(=O)=O)cc1)C(=O)Nc1ccccc1C. The monoisotopic (exact) mass is 390 g/mol. The van der Waals surface area contributed by atoms with E-state index in [-0.39, 0.29) is 17.8 Å². The van der Waals surface area contributed by atoms with Crippen molar-refractivity contribution in [1.82, 2.24) is 4.90 Å². The molecule has 0 radical (unpaired) electrons. The minimum atomic E-state index is -3.56. The van der Waals surface area contributed by atoms with E-state index in [1.165, 1.54) is 0 Å². The number of aryl methyl sites for hydroxylation is 1. The zero-order valence-electron chi connectivity index (χ0n) is 16.1. The van der Waals surface area contributed by atoms with Crippen LogP contribution in [0.15, 0.2) is 48.5 Å². The zero-order chi connectivity index (χ0) is 20.0. The van der Waals surface area contributed by atoms with Crippen LogP contribution in [0.1, 0.15) is 31.4 Å². The van der Waals surface area contributed by atoms with E-state index in [1.54, 1.807) is 29.2 Å². The molecular weight excluding hydrogens is 364 g/mol. The predicted molar refractivity (Wildman–Crippen MR) is 107 cm³/mol.